The fraction of sp³-hybridized carbons (Fsp3) is 0.133. The largest absolute Gasteiger partial charge is 0.322 e. The van der Waals surface area contributed by atoms with Crippen molar-refractivity contribution in [3.05, 3.63) is 63.4 Å². The summed E-state index contributed by atoms with van der Waals surface area (Å²) in [6, 6.07) is 10.00. The summed E-state index contributed by atoms with van der Waals surface area (Å²) in [5, 5.41) is 2.78. The van der Waals surface area contributed by atoms with Crippen molar-refractivity contribution in [3.63, 3.8) is 0 Å². The van der Waals surface area contributed by atoms with Crippen LogP contribution in [0.5, 0.6) is 0 Å². The van der Waals surface area contributed by atoms with Crippen LogP contribution in [0.1, 0.15) is 21.5 Å². The fourth-order valence-corrected chi connectivity index (χ4v) is 2.04. The minimum absolute atomic E-state index is 0.308. The number of carbonyl (C=O) groups is 1. The van der Waals surface area contributed by atoms with Gasteiger partial charge >= 0.3 is 0 Å². The highest BCUT2D eigenvalue weighted by Crippen LogP contribution is 2.24. The first-order valence-corrected chi connectivity index (χ1v) is 6.61. The molecule has 4 heteroatoms. The maximum Gasteiger partial charge on any atom is 0.255 e. The van der Waals surface area contributed by atoms with E-state index in [1.54, 1.807) is 19.1 Å². The summed E-state index contributed by atoms with van der Waals surface area (Å²) in [7, 11) is 0. The lowest BCUT2D eigenvalue weighted by Gasteiger charge is -2.10. The van der Waals surface area contributed by atoms with Gasteiger partial charge in [0.05, 0.1) is 0 Å². The zero-order chi connectivity index (χ0) is 14.0. The van der Waals surface area contributed by atoms with E-state index in [1.807, 2.05) is 25.1 Å². The summed E-state index contributed by atoms with van der Waals surface area (Å²) in [6.45, 7) is 3.56. The van der Waals surface area contributed by atoms with E-state index in [0.29, 0.717) is 16.8 Å². The summed E-state index contributed by atoms with van der Waals surface area (Å²) in [6.07, 6.45) is 0. The molecule has 0 unspecified atom stereocenters. The maximum atomic E-state index is 13.4. The summed E-state index contributed by atoms with van der Waals surface area (Å²) < 4.78 is 14.4. The molecule has 98 valence electrons. The maximum absolute atomic E-state index is 13.4. The Balaban J connectivity index is 2.26. The van der Waals surface area contributed by atoms with Gasteiger partial charge in [-0.2, -0.15) is 0 Å². The van der Waals surface area contributed by atoms with Crippen LogP contribution in [0.4, 0.5) is 10.1 Å². The molecule has 0 heterocycles. The lowest BCUT2D eigenvalue weighted by molar-refractivity contribution is 0.102. The van der Waals surface area contributed by atoms with Gasteiger partial charge in [-0.1, -0.05) is 28.1 Å². The molecule has 0 aliphatic carbocycles. The van der Waals surface area contributed by atoms with Gasteiger partial charge in [-0.15, -0.1) is 0 Å². The Morgan fingerprint density at radius 1 is 1.21 bits per heavy atom. The van der Waals surface area contributed by atoms with Gasteiger partial charge in [0, 0.05) is 15.7 Å². The number of halogens is 2. The third-order valence-electron chi connectivity index (χ3n) is 2.95. The lowest BCUT2D eigenvalue weighted by Crippen LogP contribution is -2.13. The first-order valence-electron chi connectivity index (χ1n) is 5.81. The van der Waals surface area contributed by atoms with Crippen molar-refractivity contribution < 1.29 is 9.18 Å². The average molecular weight is 322 g/mol. The van der Waals surface area contributed by atoms with Gasteiger partial charge in [0.25, 0.3) is 5.91 Å². The van der Waals surface area contributed by atoms with Gasteiger partial charge in [0.1, 0.15) is 5.82 Å². The van der Waals surface area contributed by atoms with Crippen molar-refractivity contribution in [2.75, 3.05) is 5.32 Å². The molecule has 0 bridgehead atoms. The molecule has 1 N–H and O–H groups in total. The van der Waals surface area contributed by atoms with Crippen LogP contribution >= 0.6 is 15.9 Å². The van der Waals surface area contributed by atoms with Gasteiger partial charge in [-0.25, -0.2) is 4.39 Å². The van der Waals surface area contributed by atoms with Crippen LogP contribution in [-0.4, -0.2) is 5.91 Å². The minimum Gasteiger partial charge on any atom is -0.322 e. The van der Waals surface area contributed by atoms with Crippen LogP contribution in [0, 0.1) is 19.7 Å². The molecule has 0 spiro atoms. The number of hydrogen-bond acceptors (Lipinski definition) is 1. The normalized spacial score (nSPS) is 10.3. The van der Waals surface area contributed by atoms with Crippen LogP contribution in [-0.2, 0) is 0 Å². The SMILES string of the molecule is Cc1ccc(C(=O)Nc2cccc(Br)c2C)cc1F. The van der Waals surface area contributed by atoms with Crippen molar-refractivity contribution in [3.8, 4) is 0 Å². The molecule has 0 saturated heterocycles. The van der Waals surface area contributed by atoms with E-state index in [9.17, 15) is 9.18 Å². The van der Waals surface area contributed by atoms with Crippen molar-refractivity contribution in [1.29, 1.82) is 0 Å². The summed E-state index contributed by atoms with van der Waals surface area (Å²) in [5.41, 5.74) is 2.47. The topological polar surface area (TPSA) is 29.1 Å². The monoisotopic (exact) mass is 321 g/mol. The predicted molar refractivity (Wildman–Crippen MR) is 78.0 cm³/mol. The van der Waals surface area contributed by atoms with Crippen LogP contribution in [0.3, 0.4) is 0 Å². The number of nitrogens with one attached hydrogen (secondary N) is 1. The molecule has 2 nitrogen and oxygen atoms in total. The molecule has 0 aliphatic rings. The Labute approximate surface area is 119 Å². The van der Waals surface area contributed by atoms with E-state index in [4.69, 9.17) is 0 Å². The number of carbonyl (C=O) groups excluding carboxylic acids is 1. The number of amides is 1. The van der Waals surface area contributed by atoms with Gasteiger partial charge < -0.3 is 5.32 Å². The van der Waals surface area contributed by atoms with E-state index in [1.165, 1.54) is 6.07 Å². The average Bonchev–Trinajstić information content (AvgIpc) is 2.38. The molecule has 1 amide bonds. The second kappa shape index (κ2) is 5.53. The number of aryl methyl sites for hydroxylation is 1. The van der Waals surface area contributed by atoms with E-state index in [2.05, 4.69) is 21.2 Å². The van der Waals surface area contributed by atoms with Gasteiger partial charge in [0.2, 0.25) is 0 Å². The summed E-state index contributed by atoms with van der Waals surface area (Å²) in [5.74, 6) is -0.696. The lowest BCUT2D eigenvalue weighted by atomic mass is 10.1. The zero-order valence-electron chi connectivity index (χ0n) is 10.6. The highest BCUT2D eigenvalue weighted by Gasteiger charge is 2.10. The summed E-state index contributed by atoms with van der Waals surface area (Å²) >= 11 is 3.40. The Hall–Kier alpha value is -1.68. The zero-order valence-corrected chi connectivity index (χ0v) is 12.2. The van der Waals surface area contributed by atoms with Crippen LogP contribution in [0.25, 0.3) is 0 Å². The first-order chi connectivity index (χ1) is 8.99. The molecule has 0 atom stereocenters. The van der Waals surface area contributed by atoms with E-state index in [-0.39, 0.29) is 11.7 Å². The second-order valence-corrected chi connectivity index (χ2v) is 5.18. The Bertz CT molecular complexity index is 640. The van der Waals surface area contributed by atoms with Crippen LogP contribution in [0.15, 0.2) is 40.9 Å². The number of anilines is 1. The molecule has 0 aromatic heterocycles. The van der Waals surface area contributed by atoms with Crippen molar-refractivity contribution in [1.82, 2.24) is 0 Å². The van der Waals surface area contributed by atoms with E-state index in [0.717, 1.165) is 10.0 Å². The molecule has 2 aromatic rings. The molecular formula is C15H13BrFNO. The van der Waals surface area contributed by atoms with E-state index >= 15 is 0 Å². The molecule has 0 saturated carbocycles. The van der Waals surface area contributed by atoms with E-state index < -0.39 is 0 Å². The quantitative estimate of drug-likeness (QED) is 0.869. The third kappa shape index (κ3) is 3.01. The standard InChI is InChI=1S/C15H13BrFNO/c1-9-6-7-11(8-13(9)17)15(19)18-14-5-3-4-12(16)10(14)2/h3-8H,1-2H3,(H,18,19). The minimum atomic E-state index is -0.376. The first kappa shape index (κ1) is 13.7. The number of benzene rings is 2. The second-order valence-electron chi connectivity index (χ2n) is 4.33. The van der Waals surface area contributed by atoms with Crippen LogP contribution in [0.2, 0.25) is 0 Å². The van der Waals surface area contributed by atoms with Crippen molar-refractivity contribution in [2.45, 2.75) is 13.8 Å². The number of rotatable bonds is 2. The highest BCUT2D eigenvalue weighted by atomic mass is 79.9. The molecule has 2 aromatic carbocycles. The van der Waals surface area contributed by atoms with Crippen LogP contribution < -0.4 is 5.32 Å². The van der Waals surface area contributed by atoms with Gasteiger partial charge in [-0.05, 0) is 49.2 Å². The highest BCUT2D eigenvalue weighted by molar-refractivity contribution is 9.10. The van der Waals surface area contributed by atoms with Crippen molar-refractivity contribution in [2.24, 2.45) is 0 Å². The molecule has 2 rings (SSSR count). The molecule has 0 radical (unpaired) electrons. The van der Waals surface area contributed by atoms with Gasteiger partial charge in [-0.3, -0.25) is 4.79 Å². The molecule has 0 aliphatic heterocycles. The third-order valence-corrected chi connectivity index (χ3v) is 3.81. The Kier molecular flexibility index (Phi) is 4.00. The number of hydrogen-bond donors (Lipinski definition) is 1. The Morgan fingerprint density at radius 3 is 2.63 bits per heavy atom. The van der Waals surface area contributed by atoms with Crippen molar-refractivity contribution >= 4 is 27.5 Å². The summed E-state index contributed by atoms with van der Waals surface area (Å²) in [4.78, 5) is 12.0. The molecule has 0 fully saturated rings. The molecule has 19 heavy (non-hydrogen) atoms. The molecular weight excluding hydrogens is 309 g/mol. The fourth-order valence-electron chi connectivity index (χ4n) is 1.67. The Morgan fingerprint density at radius 2 is 1.95 bits per heavy atom. The predicted octanol–water partition coefficient (Wildman–Crippen LogP) is 4.46. The van der Waals surface area contributed by atoms with Gasteiger partial charge in [0.15, 0.2) is 0 Å². The smallest absolute Gasteiger partial charge is 0.255 e.